The molecule has 0 bridgehead atoms. The molecule has 0 aromatic carbocycles. The van der Waals surface area contributed by atoms with E-state index in [1.54, 1.807) is 18.4 Å². The Morgan fingerprint density at radius 1 is 1.75 bits per heavy atom. The molecule has 1 heterocycles. The summed E-state index contributed by atoms with van der Waals surface area (Å²) in [5, 5.41) is 0. The Hall–Kier alpha value is -1.25. The van der Waals surface area contributed by atoms with E-state index in [9.17, 15) is 4.79 Å². The average Bonchev–Trinajstić information content (AvgIpc) is 2.15. The Balaban J connectivity index is 2.40. The summed E-state index contributed by atoms with van der Waals surface area (Å²) in [6, 6.07) is 0. The molecule has 0 atom stereocenters. The van der Waals surface area contributed by atoms with Crippen LogP contribution in [-0.4, -0.2) is 19.2 Å². The molecule has 0 saturated carbocycles. The second-order valence-corrected chi connectivity index (χ2v) is 2.47. The van der Waals surface area contributed by atoms with Gasteiger partial charge in [-0.05, 0) is 18.6 Å². The Labute approximate surface area is 71.7 Å². The van der Waals surface area contributed by atoms with Crippen LogP contribution in [0.4, 0.5) is 0 Å². The molecular formula is C9H12O3. The van der Waals surface area contributed by atoms with Crippen LogP contribution in [0.1, 0.15) is 13.3 Å². The smallest absolute Gasteiger partial charge is 0.337 e. The van der Waals surface area contributed by atoms with Crippen molar-refractivity contribution in [2.75, 3.05) is 13.2 Å². The van der Waals surface area contributed by atoms with Crippen molar-refractivity contribution in [3.05, 3.63) is 24.0 Å². The van der Waals surface area contributed by atoms with E-state index in [1.807, 2.05) is 6.92 Å². The van der Waals surface area contributed by atoms with Crippen LogP contribution in [0.2, 0.25) is 0 Å². The minimum atomic E-state index is -0.277. The summed E-state index contributed by atoms with van der Waals surface area (Å²) in [6.07, 6.45) is 5.79. The zero-order valence-electron chi connectivity index (χ0n) is 7.08. The van der Waals surface area contributed by atoms with Gasteiger partial charge in [-0.1, -0.05) is 6.92 Å². The second-order valence-electron chi connectivity index (χ2n) is 2.47. The van der Waals surface area contributed by atoms with E-state index >= 15 is 0 Å². The van der Waals surface area contributed by atoms with Crippen LogP contribution >= 0.6 is 0 Å². The molecule has 1 aliphatic rings. The highest BCUT2D eigenvalue weighted by Crippen LogP contribution is 2.05. The molecular weight excluding hydrogens is 156 g/mol. The number of carbonyl (C=O) groups is 1. The monoisotopic (exact) mass is 168 g/mol. The lowest BCUT2D eigenvalue weighted by Crippen LogP contribution is -2.13. The Morgan fingerprint density at radius 2 is 2.58 bits per heavy atom. The zero-order chi connectivity index (χ0) is 8.81. The molecule has 0 aromatic rings. The van der Waals surface area contributed by atoms with Crippen molar-refractivity contribution in [1.29, 1.82) is 0 Å². The van der Waals surface area contributed by atoms with Crippen molar-refractivity contribution in [2.24, 2.45) is 0 Å². The van der Waals surface area contributed by atoms with E-state index in [1.165, 1.54) is 0 Å². The quantitative estimate of drug-likeness (QED) is 0.598. The third-order valence-electron chi connectivity index (χ3n) is 1.41. The fourth-order valence-electron chi connectivity index (χ4n) is 0.811. The first kappa shape index (κ1) is 8.84. The molecule has 0 unspecified atom stereocenters. The van der Waals surface area contributed by atoms with E-state index in [-0.39, 0.29) is 5.97 Å². The van der Waals surface area contributed by atoms with E-state index in [0.29, 0.717) is 18.8 Å². The number of allylic oxidation sites excluding steroid dienone is 2. The van der Waals surface area contributed by atoms with E-state index < -0.39 is 0 Å². The van der Waals surface area contributed by atoms with Crippen molar-refractivity contribution in [2.45, 2.75) is 13.3 Å². The molecule has 0 N–H and O–H groups in total. The average molecular weight is 168 g/mol. The predicted octanol–water partition coefficient (Wildman–Crippen LogP) is 1.41. The molecule has 3 heteroatoms. The van der Waals surface area contributed by atoms with Crippen LogP contribution in [0.25, 0.3) is 0 Å². The lowest BCUT2D eigenvalue weighted by Gasteiger charge is -2.09. The summed E-state index contributed by atoms with van der Waals surface area (Å²) in [7, 11) is 0. The van der Waals surface area contributed by atoms with Crippen molar-refractivity contribution in [3.63, 3.8) is 0 Å². The van der Waals surface area contributed by atoms with Gasteiger partial charge in [0.15, 0.2) is 0 Å². The van der Waals surface area contributed by atoms with Gasteiger partial charge < -0.3 is 9.47 Å². The van der Waals surface area contributed by atoms with Gasteiger partial charge in [0.2, 0.25) is 0 Å². The highest BCUT2D eigenvalue weighted by atomic mass is 16.5. The van der Waals surface area contributed by atoms with Gasteiger partial charge in [0.25, 0.3) is 0 Å². The number of esters is 1. The molecule has 0 amide bonds. The van der Waals surface area contributed by atoms with Gasteiger partial charge in [-0.3, -0.25) is 0 Å². The summed E-state index contributed by atoms with van der Waals surface area (Å²) < 4.78 is 9.84. The first-order valence-corrected chi connectivity index (χ1v) is 3.99. The van der Waals surface area contributed by atoms with Gasteiger partial charge in [-0.25, -0.2) is 4.79 Å². The first-order chi connectivity index (χ1) is 5.84. The number of carbonyl (C=O) groups excluding carboxylic acids is 1. The van der Waals surface area contributed by atoms with Crippen molar-refractivity contribution >= 4 is 5.97 Å². The number of ether oxygens (including phenoxy) is 2. The lowest BCUT2D eigenvalue weighted by molar-refractivity contribution is -0.139. The van der Waals surface area contributed by atoms with Crippen LogP contribution in [0.15, 0.2) is 24.0 Å². The molecule has 0 spiro atoms. The maximum absolute atomic E-state index is 11.2. The Bertz CT molecular complexity index is 216. The summed E-state index contributed by atoms with van der Waals surface area (Å²) >= 11 is 0. The molecule has 12 heavy (non-hydrogen) atoms. The van der Waals surface area contributed by atoms with Crippen molar-refractivity contribution in [3.8, 4) is 0 Å². The topological polar surface area (TPSA) is 35.5 Å². The molecule has 3 nitrogen and oxygen atoms in total. The maximum Gasteiger partial charge on any atom is 0.337 e. The Kier molecular flexibility index (Phi) is 3.38. The number of rotatable bonds is 3. The number of hydrogen-bond acceptors (Lipinski definition) is 3. The maximum atomic E-state index is 11.2. The van der Waals surface area contributed by atoms with E-state index in [4.69, 9.17) is 9.47 Å². The third kappa shape index (κ3) is 2.42. The lowest BCUT2D eigenvalue weighted by atomic mass is 10.2. The molecule has 1 aliphatic heterocycles. The van der Waals surface area contributed by atoms with Crippen LogP contribution in [0.3, 0.4) is 0 Å². The molecule has 0 aromatic heterocycles. The van der Waals surface area contributed by atoms with Crippen molar-refractivity contribution in [1.82, 2.24) is 0 Å². The van der Waals surface area contributed by atoms with Crippen LogP contribution in [0, 0.1) is 0 Å². The summed E-state index contributed by atoms with van der Waals surface area (Å²) in [4.78, 5) is 11.2. The van der Waals surface area contributed by atoms with Gasteiger partial charge in [0.05, 0.1) is 18.4 Å². The first-order valence-electron chi connectivity index (χ1n) is 3.99. The molecule has 0 aliphatic carbocycles. The predicted molar refractivity (Wildman–Crippen MR) is 44.4 cm³/mol. The molecule has 0 saturated heterocycles. The summed E-state index contributed by atoms with van der Waals surface area (Å²) in [5.41, 5.74) is 0.575. The minimum Gasteiger partial charge on any atom is -0.496 e. The normalized spacial score (nSPS) is 14.9. The fraction of sp³-hybridized carbons (Fsp3) is 0.444. The largest absolute Gasteiger partial charge is 0.496 e. The third-order valence-corrected chi connectivity index (χ3v) is 1.41. The van der Waals surface area contributed by atoms with E-state index in [0.717, 1.165) is 6.42 Å². The zero-order valence-corrected chi connectivity index (χ0v) is 7.08. The second kappa shape index (κ2) is 4.59. The van der Waals surface area contributed by atoms with E-state index in [2.05, 4.69) is 0 Å². The molecule has 0 fully saturated rings. The molecule has 0 radical (unpaired) electrons. The summed E-state index contributed by atoms with van der Waals surface area (Å²) in [5.74, 6) is -0.277. The van der Waals surface area contributed by atoms with Crippen LogP contribution < -0.4 is 0 Å². The molecule has 1 rings (SSSR count). The minimum absolute atomic E-state index is 0.277. The van der Waals surface area contributed by atoms with Crippen LogP contribution in [0.5, 0.6) is 0 Å². The highest BCUT2D eigenvalue weighted by Gasteiger charge is 2.11. The van der Waals surface area contributed by atoms with Crippen molar-refractivity contribution < 1.29 is 14.3 Å². The molecule has 66 valence electrons. The fourth-order valence-corrected chi connectivity index (χ4v) is 0.811. The van der Waals surface area contributed by atoms with Gasteiger partial charge in [-0.15, -0.1) is 0 Å². The SMILES string of the molecule is CCCOC(=O)C1=CC=COC1. The van der Waals surface area contributed by atoms with Gasteiger partial charge in [0, 0.05) is 0 Å². The Morgan fingerprint density at radius 3 is 3.17 bits per heavy atom. The highest BCUT2D eigenvalue weighted by molar-refractivity contribution is 5.89. The van der Waals surface area contributed by atoms with Gasteiger partial charge in [0.1, 0.15) is 6.61 Å². The number of hydrogen-bond donors (Lipinski definition) is 0. The summed E-state index contributed by atoms with van der Waals surface area (Å²) in [6.45, 7) is 2.75. The van der Waals surface area contributed by atoms with Gasteiger partial charge >= 0.3 is 5.97 Å². The standard InChI is InChI=1S/C9H12O3/c1-2-5-12-9(10)8-4-3-6-11-7-8/h3-4,6H,2,5,7H2,1H3. The van der Waals surface area contributed by atoms with Crippen LogP contribution in [-0.2, 0) is 14.3 Å². The van der Waals surface area contributed by atoms with Gasteiger partial charge in [-0.2, -0.15) is 0 Å².